The highest BCUT2D eigenvalue weighted by molar-refractivity contribution is 6.31. The standard InChI is InChI=1S/C14H11ClF2/c1-2-9-6-11(8-13(15)14(9)17)10-4-3-5-12(16)7-10/h3-8H,2H2,1H3. The van der Waals surface area contributed by atoms with Gasteiger partial charge in [0.1, 0.15) is 11.6 Å². The number of benzene rings is 2. The summed E-state index contributed by atoms with van der Waals surface area (Å²) in [6.45, 7) is 1.85. The Balaban J connectivity index is 2.56. The molecule has 0 aliphatic carbocycles. The van der Waals surface area contributed by atoms with Crippen molar-refractivity contribution in [2.45, 2.75) is 13.3 Å². The first-order chi connectivity index (χ1) is 8.11. The molecule has 17 heavy (non-hydrogen) atoms. The minimum absolute atomic E-state index is 0.0728. The van der Waals surface area contributed by atoms with Gasteiger partial charge in [-0.25, -0.2) is 8.78 Å². The van der Waals surface area contributed by atoms with E-state index >= 15 is 0 Å². The Morgan fingerprint density at radius 1 is 1.06 bits per heavy atom. The zero-order valence-electron chi connectivity index (χ0n) is 9.31. The summed E-state index contributed by atoms with van der Waals surface area (Å²) in [5.41, 5.74) is 1.96. The summed E-state index contributed by atoms with van der Waals surface area (Å²) >= 11 is 5.82. The fraction of sp³-hybridized carbons (Fsp3) is 0.143. The number of hydrogen-bond acceptors (Lipinski definition) is 0. The molecule has 2 aromatic rings. The molecule has 0 amide bonds. The zero-order chi connectivity index (χ0) is 12.4. The predicted molar refractivity (Wildman–Crippen MR) is 66.2 cm³/mol. The van der Waals surface area contributed by atoms with Crippen LogP contribution in [0.1, 0.15) is 12.5 Å². The van der Waals surface area contributed by atoms with Crippen LogP contribution in [0.2, 0.25) is 5.02 Å². The van der Waals surface area contributed by atoms with Crippen LogP contribution >= 0.6 is 11.6 Å². The summed E-state index contributed by atoms with van der Waals surface area (Å²) in [6.07, 6.45) is 0.550. The van der Waals surface area contributed by atoms with Crippen molar-refractivity contribution >= 4 is 11.6 Å². The maximum Gasteiger partial charge on any atom is 0.145 e. The van der Waals surface area contributed by atoms with E-state index in [2.05, 4.69) is 0 Å². The van der Waals surface area contributed by atoms with E-state index in [4.69, 9.17) is 11.6 Å². The van der Waals surface area contributed by atoms with Crippen LogP contribution in [0, 0.1) is 11.6 Å². The molecule has 0 aromatic heterocycles. The number of halogens is 3. The van der Waals surface area contributed by atoms with Gasteiger partial charge in [0.15, 0.2) is 0 Å². The topological polar surface area (TPSA) is 0 Å². The van der Waals surface area contributed by atoms with Crippen LogP contribution in [-0.4, -0.2) is 0 Å². The smallest absolute Gasteiger partial charge is 0.145 e. The van der Waals surface area contributed by atoms with Crippen LogP contribution in [-0.2, 0) is 6.42 Å². The molecule has 0 heterocycles. The molecule has 3 heteroatoms. The third-order valence-electron chi connectivity index (χ3n) is 2.64. The highest BCUT2D eigenvalue weighted by Gasteiger charge is 2.09. The SMILES string of the molecule is CCc1cc(-c2cccc(F)c2)cc(Cl)c1F. The van der Waals surface area contributed by atoms with Gasteiger partial charge in [-0.05, 0) is 47.4 Å². The lowest BCUT2D eigenvalue weighted by Gasteiger charge is -2.07. The normalized spacial score (nSPS) is 10.6. The summed E-state index contributed by atoms with van der Waals surface area (Å²) in [4.78, 5) is 0. The molecule has 0 aliphatic heterocycles. The molecule has 0 fully saturated rings. The van der Waals surface area contributed by atoms with Crippen molar-refractivity contribution in [3.8, 4) is 11.1 Å². The lowest BCUT2D eigenvalue weighted by atomic mass is 10.0. The summed E-state index contributed by atoms with van der Waals surface area (Å²) < 4.78 is 26.7. The van der Waals surface area contributed by atoms with Gasteiger partial charge in [-0.15, -0.1) is 0 Å². The van der Waals surface area contributed by atoms with Crippen molar-refractivity contribution in [3.05, 3.63) is 58.6 Å². The molecule has 0 bridgehead atoms. The minimum Gasteiger partial charge on any atom is -0.207 e. The third-order valence-corrected chi connectivity index (χ3v) is 2.92. The van der Waals surface area contributed by atoms with Gasteiger partial charge in [0, 0.05) is 0 Å². The summed E-state index contributed by atoms with van der Waals surface area (Å²) in [6, 6.07) is 9.39. The molecule has 0 aliphatic rings. The number of aryl methyl sites for hydroxylation is 1. The van der Waals surface area contributed by atoms with Gasteiger partial charge < -0.3 is 0 Å². The second kappa shape index (κ2) is 4.84. The first-order valence-electron chi connectivity index (χ1n) is 5.35. The quantitative estimate of drug-likeness (QED) is 0.717. The Kier molecular flexibility index (Phi) is 3.43. The van der Waals surface area contributed by atoms with E-state index in [0.29, 0.717) is 17.5 Å². The van der Waals surface area contributed by atoms with E-state index in [9.17, 15) is 8.78 Å². The van der Waals surface area contributed by atoms with Gasteiger partial charge in [-0.2, -0.15) is 0 Å². The number of rotatable bonds is 2. The molecule has 2 aromatic carbocycles. The molecule has 0 saturated heterocycles. The third kappa shape index (κ3) is 2.47. The zero-order valence-corrected chi connectivity index (χ0v) is 10.1. The van der Waals surface area contributed by atoms with E-state index in [1.54, 1.807) is 18.2 Å². The van der Waals surface area contributed by atoms with E-state index in [0.717, 1.165) is 5.56 Å². The molecule has 0 radical (unpaired) electrons. The maximum absolute atomic E-state index is 13.6. The first kappa shape index (κ1) is 12.1. The molecule has 0 N–H and O–H groups in total. The number of hydrogen-bond donors (Lipinski definition) is 0. The lowest BCUT2D eigenvalue weighted by Crippen LogP contribution is -1.91. The van der Waals surface area contributed by atoms with Crippen molar-refractivity contribution in [1.29, 1.82) is 0 Å². The van der Waals surface area contributed by atoms with Gasteiger partial charge in [0.25, 0.3) is 0 Å². The molecule has 0 atom stereocenters. The molecular weight excluding hydrogens is 242 g/mol. The van der Waals surface area contributed by atoms with Gasteiger partial charge >= 0.3 is 0 Å². The average molecular weight is 253 g/mol. The fourth-order valence-electron chi connectivity index (χ4n) is 1.74. The van der Waals surface area contributed by atoms with Gasteiger partial charge in [0.05, 0.1) is 5.02 Å². The molecule has 0 spiro atoms. The molecule has 0 saturated carbocycles. The van der Waals surface area contributed by atoms with Crippen molar-refractivity contribution in [1.82, 2.24) is 0 Å². The fourth-order valence-corrected chi connectivity index (χ4v) is 1.98. The van der Waals surface area contributed by atoms with Crippen LogP contribution < -0.4 is 0 Å². The summed E-state index contributed by atoms with van der Waals surface area (Å²) in [5, 5.41) is 0.0728. The van der Waals surface area contributed by atoms with Gasteiger partial charge in [-0.3, -0.25) is 0 Å². The highest BCUT2D eigenvalue weighted by Crippen LogP contribution is 2.28. The first-order valence-corrected chi connectivity index (χ1v) is 5.73. The summed E-state index contributed by atoms with van der Waals surface area (Å²) in [5.74, 6) is -0.713. The second-order valence-electron chi connectivity index (χ2n) is 3.80. The Bertz CT molecular complexity index is 550. The molecule has 2 rings (SSSR count). The van der Waals surface area contributed by atoms with Crippen molar-refractivity contribution in [2.24, 2.45) is 0 Å². The lowest BCUT2D eigenvalue weighted by molar-refractivity contribution is 0.613. The van der Waals surface area contributed by atoms with Gasteiger partial charge in [0.2, 0.25) is 0 Å². The predicted octanol–water partition coefficient (Wildman–Crippen LogP) is 4.85. The summed E-state index contributed by atoms with van der Waals surface area (Å²) in [7, 11) is 0. The van der Waals surface area contributed by atoms with E-state index in [-0.39, 0.29) is 10.8 Å². The van der Waals surface area contributed by atoms with Crippen molar-refractivity contribution in [2.75, 3.05) is 0 Å². The Hall–Kier alpha value is -1.41. The Morgan fingerprint density at radius 2 is 1.82 bits per heavy atom. The van der Waals surface area contributed by atoms with Crippen molar-refractivity contribution < 1.29 is 8.78 Å². The van der Waals surface area contributed by atoms with Crippen LogP contribution in [0.25, 0.3) is 11.1 Å². The van der Waals surface area contributed by atoms with E-state index in [1.165, 1.54) is 18.2 Å². The molecule has 0 unspecified atom stereocenters. The van der Waals surface area contributed by atoms with Crippen LogP contribution in [0.15, 0.2) is 36.4 Å². The molecular formula is C14H11ClF2. The van der Waals surface area contributed by atoms with Crippen LogP contribution in [0.5, 0.6) is 0 Å². The Labute approximate surface area is 104 Å². The maximum atomic E-state index is 13.6. The van der Waals surface area contributed by atoms with Crippen LogP contribution in [0.4, 0.5) is 8.78 Å². The molecule has 0 nitrogen and oxygen atoms in total. The van der Waals surface area contributed by atoms with Gasteiger partial charge in [-0.1, -0.05) is 30.7 Å². The van der Waals surface area contributed by atoms with Crippen molar-refractivity contribution in [3.63, 3.8) is 0 Å². The second-order valence-corrected chi connectivity index (χ2v) is 4.20. The largest absolute Gasteiger partial charge is 0.207 e. The average Bonchev–Trinajstić information content (AvgIpc) is 2.32. The minimum atomic E-state index is -0.394. The van der Waals surface area contributed by atoms with E-state index in [1.807, 2.05) is 6.92 Å². The monoisotopic (exact) mass is 252 g/mol. The Morgan fingerprint density at radius 3 is 2.47 bits per heavy atom. The van der Waals surface area contributed by atoms with E-state index < -0.39 is 5.82 Å². The highest BCUT2D eigenvalue weighted by atomic mass is 35.5. The van der Waals surface area contributed by atoms with Crippen LogP contribution in [0.3, 0.4) is 0 Å². The molecule has 88 valence electrons.